The molecule has 47 heavy (non-hydrogen) atoms. The van der Waals surface area contributed by atoms with Crippen molar-refractivity contribution in [2.75, 3.05) is 73.6 Å². The number of hydrogen-bond donors (Lipinski definition) is 0. The van der Waals surface area contributed by atoms with E-state index in [2.05, 4.69) is 99.3 Å². The van der Waals surface area contributed by atoms with Gasteiger partial charge in [0.1, 0.15) is 5.82 Å². The van der Waals surface area contributed by atoms with E-state index in [0.29, 0.717) is 30.1 Å². The summed E-state index contributed by atoms with van der Waals surface area (Å²) in [5, 5.41) is 0. The summed E-state index contributed by atoms with van der Waals surface area (Å²) in [5.41, 5.74) is 3.43. The van der Waals surface area contributed by atoms with E-state index in [1.54, 1.807) is 6.08 Å². The lowest BCUT2D eigenvalue weighted by Gasteiger charge is -2.54. The van der Waals surface area contributed by atoms with Crippen LogP contribution in [0.1, 0.15) is 81.1 Å². The summed E-state index contributed by atoms with van der Waals surface area (Å²) in [7, 11) is 0. The SMILES string of the molecule is CCN(CC)c1ccc(N(CC)CC)c(N2CCN(CC(=O)[C@@]3(C)[C@H](C)C[C@H]4[C@@H]5CCC6=CC(=O)C=C[C@]6(C)C5=CC[C@@]43C)CC2)n1. The largest absolute Gasteiger partial charge is 0.369 e. The van der Waals surface area contributed by atoms with Gasteiger partial charge in [0.2, 0.25) is 0 Å². The van der Waals surface area contributed by atoms with E-state index in [-0.39, 0.29) is 22.0 Å². The van der Waals surface area contributed by atoms with Crippen molar-refractivity contribution in [1.29, 1.82) is 0 Å². The molecule has 0 aromatic carbocycles. The van der Waals surface area contributed by atoms with Crippen LogP contribution >= 0.6 is 0 Å². The molecule has 2 saturated carbocycles. The minimum atomic E-state index is -0.359. The number of carbonyl (C=O) groups is 2. The van der Waals surface area contributed by atoms with Gasteiger partial charge in [-0.15, -0.1) is 0 Å². The average molecular weight is 642 g/mol. The molecule has 2 heterocycles. The molecule has 1 aromatic rings. The Morgan fingerprint density at radius 1 is 0.979 bits per heavy atom. The molecule has 5 aliphatic rings. The summed E-state index contributed by atoms with van der Waals surface area (Å²) in [6, 6.07) is 4.44. The van der Waals surface area contributed by atoms with Gasteiger partial charge in [-0.05, 0) is 108 Å². The van der Waals surface area contributed by atoms with Crippen LogP contribution in [0.3, 0.4) is 0 Å². The van der Waals surface area contributed by atoms with Crippen molar-refractivity contribution in [3.63, 3.8) is 0 Å². The number of piperazine rings is 1. The molecule has 3 fully saturated rings. The van der Waals surface area contributed by atoms with Crippen LogP contribution in [0.2, 0.25) is 0 Å². The zero-order valence-corrected chi connectivity index (χ0v) is 30.4. The van der Waals surface area contributed by atoms with Gasteiger partial charge in [0.05, 0.1) is 12.2 Å². The lowest BCUT2D eigenvalue weighted by Crippen LogP contribution is -2.54. The number of fused-ring (bicyclic) bond motifs is 5. The van der Waals surface area contributed by atoms with Crippen LogP contribution in [0.4, 0.5) is 17.3 Å². The first kappa shape index (κ1) is 34.0. The van der Waals surface area contributed by atoms with Gasteiger partial charge in [0.15, 0.2) is 17.4 Å². The third-order valence-corrected chi connectivity index (χ3v) is 13.8. The molecule has 0 spiro atoms. The molecule has 4 aliphatic carbocycles. The zero-order valence-electron chi connectivity index (χ0n) is 30.4. The fraction of sp³-hybridized carbons (Fsp3) is 0.675. The minimum Gasteiger partial charge on any atom is -0.369 e. The smallest absolute Gasteiger partial charge is 0.178 e. The van der Waals surface area contributed by atoms with Gasteiger partial charge in [-0.1, -0.05) is 44.1 Å². The Morgan fingerprint density at radius 2 is 1.66 bits per heavy atom. The Bertz CT molecular complexity index is 1460. The van der Waals surface area contributed by atoms with E-state index in [4.69, 9.17) is 4.98 Å². The summed E-state index contributed by atoms with van der Waals surface area (Å²) in [5.74, 6) is 3.99. The Morgan fingerprint density at radius 3 is 2.32 bits per heavy atom. The van der Waals surface area contributed by atoms with E-state index < -0.39 is 0 Å². The highest BCUT2D eigenvalue weighted by atomic mass is 16.1. The quantitative estimate of drug-likeness (QED) is 0.257. The van der Waals surface area contributed by atoms with Crippen molar-refractivity contribution in [3.8, 4) is 0 Å². The van der Waals surface area contributed by atoms with Gasteiger partial charge in [-0.25, -0.2) is 4.98 Å². The summed E-state index contributed by atoms with van der Waals surface area (Å²) in [6.45, 7) is 26.0. The number of Topliss-reactive ketones (excluding diaryl/α,β-unsaturated/α-hetero) is 1. The van der Waals surface area contributed by atoms with Crippen molar-refractivity contribution in [1.82, 2.24) is 9.88 Å². The number of rotatable bonds is 10. The van der Waals surface area contributed by atoms with E-state index >= 15 is 0 Å². The molecule has 256 valence electrons. The second-order valence-electron chi connectivity index (χ2n) is 15.5. The first-order valence-corrected chi connectivity index (χ1v) is 18.6. The van der Waals surface area contributed by atoms with Crippen LogP contribution in [0.25, 0.3) is 0 Å². The van der Waals surface area contributed by atoms with Crippen LogP contribution in [0.15, 0.2) is 47.6 Å². The Balaban J connectivity index is 1.18. The Labute approximate surface area is 284 Å². The third-order valence-electron chi connectivity index (χ3n) is 13.8. The second-order valence-corrected chi connectivity index (χ2v) is 15.5. The van der Waals surface area contributed by atoms with Crippen molar-refractivity contribution in [2.24, 2.45) is 34.0 Å². The number of ketones is 2. The highest BCUT2D eigenvalue weighted by Crippen LogP contribution is 2.69. The molecule has 1 saturated heterocycles. The summed E-state index contributed by atoms with van der Waals surface area (Å²) < 4.78 is 0. The topological polar surface area (TPSA) is 60.0 Å². The van der Waals surface area contributed by atoms with Crippen molar-refractivity contribution >= 4 is 28.9 Å². The molecule has 0 N–H and O–H groups in total. The molecule has 0 amide bonds. The standard InChI is InChI=1S/C40H59N5O2/c1-9-43(10-2)34-15-16-36(44(11-3)12-4)41-37(34)45-23-21-42(22-24-45)27-35(47)40(8)28(5)25-33-31-14-13-29-26-30(46)17-19-38(29,6)32(31)18-20-39(33,40)7/h15-19,26,28,31,33H,9-14,20-25,27H2,1-8H3/t28-,31-,33+,38+,39+,40-/m1/s1. The minimum absolute atomic E-state index is 0.0568. The van der Waals surface area contributed by atoms with Crippen LogP contribution in [-0.2, 0) is 9.59 Å². The number of anilines is 3. The van der Waals surface area contributed by atoms with Crippen LogP contribution in [-0.4, -0.2) is 80.4 Å². The Hall–Kier alpha value is -2.93. The van der Waals surface area contributed by atoms with Crippen LogP contribution in [0.5, 0.6) is 0 Å². The molecule has 6 rings (SSSR count). The molecule has 0 radical (unpaired) electrons. The number of pyridine rings is 1. The molecular formula is C40H59N5O2. The number of allylic oxidation sites excluding steroid dienone is 6. The number of hydrogen-bond acceptors (Lipinski definition) is 7. The third kappa shape index (κ3) is 5.39. The Kier molecular flexibility index (Phi) is 9.27. The van der Waals surface area contributed by atoms with Crippen LogP contribution in [0, 0.1) is 34.0 Å². The predicted molar refractivity (Wildman–Crippen MR) is 194 cm³/mol. The number of nitrogens with zero attached hydrogens (tertiary/aromatic N) is 5. The summed E-state index contributed by atoms with van der Waals surface area (Å²) in [6.07, 6.45) is 12.4. The highest BCUT2D eigenvalue weighted by Gasteiger charge is 2.65. The summed E-state index contributed by atoms with van der Waals surface area (Å²) >= 11 is 0. The van der Waals surface area contributed by atoms with Gasteiger partial charge in [0, 0.05) is 63.2 Å². The molecule has 1 aromatic heterocycles. The lowest BCUT2D eigenvalue weighted by molar-refractivity contribution is -0.139. The number of aromatic nitrogens is 1. The average Bonchev–Trinajstić information content (AvgIpc) is 3.28. The molecule has 0 unspecified atom stereocenters. The maximum absolute atomic E-state index is 14.6. The molecular weight excluding hydrogens is 582 g/mol. The van der Waals surface area contributed by atoms with Gasteiger partial charge < -0.3 is 14.7 Å². The lowest BCUT2D eigenvalue weighted by atomic mass is 9.49. The zero-order chi connectivity index (χ0) is 33.7. The van der Waals surface area contributed by atoms with Gasteiger partial charge >= 0.3 is 0 Å². The predicted octanol–water partition coefficient (Wildman–Crippen LogP) is 6.95. The van der Waals surface area contributed by atoms with Gasteiger partial charge in [0.25, 0.3) is 0 Å². The van der Waals surface area contributed by atoms with E-state index in [0.717, 1.165) is 89.7 Å². The van der Waals surface area contributed by atoms with E-state index in [1.807, 2.05) is 6.08 Å². The fourth-order valence-corrected chi connectivity index (χ4v) is 10.4. The van der Waals surface area contributed by atoms with Crippen molar-refractivity contribution in [3.05, 3.63) is 47.6 Å². The van der Waals surface area contributed by atoms with Crippen molar-refractivity contribution < 1.29 is 9.59 Å². The second kappa shape index (κ2) is 12.8. The highest BCUT2D eigenvalue weighted by molar-refractivity contribution is 6.01. The van der Waals surface area contributed by atoms with Gasteiger partial charge in [-0.3, -0.25) is 14.5 Å². The number of carbonyl (C=O) groups excluding carboxylic acids is 2. The monoisotopic (exact) mass is 641 g/mol. The summed E-state index contributed by atoms with van der Waals surface area (Å²) in [4.78, 5) is 41.6. The molecule has 1 aliphatic heterocycles. The van der Waals surface area contributed by atoms with Crippen LogP contribution < -0.4 is 14.7 Å². The first-order chi connectivity index (χ1) is 22.4. The fourth-order valence-electron chi connectivity index (χ4n) is 10.4. The molecule has 6 atom stereocenters. The maximum atomic E-state index is 14.6. The van der Waals surface area contributed by atoms with Crippen molar-refractivity contribution in [2.45, 2.75) is 81.1 Å². The molecule has 7 nitrogen and oxygen atoms in total. The maximum Gasteiger partial charge on any atom is 0.178 e. The molecule has 7 heteroatoms. The first-order valence-electron chi connectivity index (χ1n) is 18.6. The molecule has 0 bridgehead atoms. The normalized spacial score (nSPS) is 33.5. The van der Waals surface area contributed by atoms with E-state index in [1.165, 1.54) is 16.8 Å². The van der Waals surface area contributed by atoms with Gasteiger partial charge in [-0.2, -0.15) is 0 Å². The van der Waals surface area contributed by atoms with E-state index in [9.17, 15) is 9.59 Å².